The fraction of sp³-hybridized carbons (Fsp3) is 0.611. The van der Waals surface area contributed by atoms with Crippen molar-refractivity contribution in [1.29, 1.82) is 0 Å². The summed E-state index contributed by atoms with van der Waals surface area (Å²) in [7, 11) is 0. The minimum Gasteiger partial charge on any atom is -0.337 e. The highest BCUT2D eigenvalue weighted by Crippen LogP contribution is 2.21. The van der Waals surface area contributed by atoms with Crippen LogP contribution in [0.15, 0.2) is 24.7 Å². The van der Waals surface area contributed by atoms with Crippen molar-refractivity contribution in [2.24, 2.45) is 0 Å². The molecular weight excluding hydrogens is 352 g/mol. The summed E-state index contributed by atoms with van der Waals surface area (Å²) < 4.78 is 3.65. The van der Waals surface area contributed by atoms with Gasteiger partial charge in [0.05, 0.1) is 11.9 Å². The molecule has 2 aromatic rings. The number of carbonyl (C=O) groups is 1. The van der Waals surface area contributed by atoms with Crippen LogP contribution in [0.4, 0.5) is 0 Å². The van der Waals surface area contributed by atoms with Crippen LogP contribution in [-0.4, -0.2) is 50.0 Å². The van der Waals surface area contributed by atoms with Crippen LogP contribution in [0.2, 0.25) is 0 Å². The van der Waals surface area contributed by atoms with Crippen molar-refractivity contribution in [2.75, 3.05) is 19.6 Å². The van der Waals surface area contributed by atoms with Crippen LogP contribution in [0.25, 0.3) is 0 Å². The van der Waals surface area contributed by atoms with Gasteiger partial charge >= 0.3 is 0 Å². The summed E-state index contributed by atoms with van der Waals surface area (Å²) >= 11 is 0. The Balaban J connectivity index is 0.00000243. The first-order valence-corrected chi connectivity index (χ1v) is 9.22. The minimum atomic E-state index is 0. The molecule has 3 heterocycles. The third-order valence-electron chi connectivity index (χ3n) is 4.79. The van der Waals surface area contributed by atoms with Gasteiger partial charge in [0.1, 0.15) is 6.54 Å². The van der Waals surface area contributed by atoms with E-state index in [2.05, 4.69) is 22.4 Å². The molecule has 1 atom stereocenters. The second kappa shape index (κ2) is 9.73. The number of rotatable bonds is 7. The van der Waals surface area contributed by atoms with E-state index in [4.69, 9.17) is 0 Å². The van der Waals surface area contributed by atoms with Crippen LogP contribution >= 0.6 is 12.4 Å². The van der Waals surface area contributed by atoms with E-state index < -0.39 is 0 Å². The summed E-state index contributed by atoms with van der Waals surface area (Å²) in [6.07, 6.45) is 8.11. The van der Waals surface area contributed by atoms with Crippen LogP contribution in [0.5, 0.6) is 0 Å². The lowest BCUT2D eigenvalue weighted by Gasteiger charge is -2.21. The Morgan fingerprint density at radius 2 is 2.23 bits per heavy atom. The summed E-state index contributed by atoms with van der Waals surface area (Å²) in [4.78, 5) is 14.5. The number of likely N-dealkylation sites (N-methyl/N-ethyl adjacent to an activating group) is 1. The molecule has 1 saturated heterocycles. The van der Waals surface area contributed by atoms with Gasteiger partial charge in [-0.15, -0.1) is 12.4 Å². The quantitative estimate of drug-likeness (QED) is 0.798. The van der Waals surface area contributed by atoms with Crippen LogP contribution < -0.4 is 5.32 Å². The first-order valence-electron chi connectivity index (χ1n) is 9.22. The smallest absolute Gasteiger partial charge is 0.244 e. The number of nitrogens with one attached hydrogen (secondary N) is 1. The molecular formula is C18H29ClN6O. The lowest BCUT2D eigenvalue weighted by Crippen LogP contribution is -2.33. The van der Waals surface area contributed by atoms with Gasteiger partial charge in [0.15, 0.2) is 0 Å². The van der Waals surface area contributed by atoms with E-state index in [-0.39, 0.29) is 24.9 Å². The fourth-order valence-electron chi connectivity index (χ4n) is 3.28. The largest absolute Gasteiger partial charge is 0.337 e. The Kier molecular flexibility index (Phi) is 7.66. The molecule has 3 rings (SSSR count). The standard InChI is InChI=1S/C18H28N6O.ClH/c1-3-22(12-15-10-20-23(4-2)13-15)18(25)14-24-9-7-17(21-24)16-6-5-8-19-11-16;/h7,9-10,13,16,19H,3-6,8,11-12,14H2,1-2H3;1H. The van der Waals surface area contributed by atoms with E-state index >= 15 is 0 Å². The normalized spacial score (nSPS) is 16.9. The molecule has 8 heteroatoms. The van der Waals surface area contributed by atoms with E-state index in [1.54, 1.807) is 4.68 Å². The topological polar surface area (TPSA) is 68.0 Å². The van der Waals surface area contributed by atoms with Gasteiger partial charge in [0, 0.05) is 50.1 Å². The highest BCUT2D eigenvalue weighted by molar-refractivity contribution is 5.85. The number of aryl methyl sites for hydroxylation is 1. The second-order valence-electron chi connectivity index (χ2n) is 6.59. The monoisotopic (exact) mass is 380 g/mol. The lowest BCUT2D eigenvalue weighted by atomic mass is 9.97. The zero-order valence-electron chi connectivity index (χ0n) is 15.6. The van der Waals surface area contributed by atoms with Gasteiger partial charge in [0.2, 0.25) is 5.91 Å². The maximum absolute atomic E-state index is 12.6. The van der Waals surface area contributed by atoms with Crippen LogP contribution in [0.3, 0.4) is 0 Å². The van der Waals surface area contributed by atoms with E-state index in [0.717, 1.165) is 30.9 Å². The Morgan fingerprint density at radius 1 is 1.38 bits per heavy atom. The Hall–Kier alpha value is -1.86. The number of piperidine rings is 1. The van der Waals surface area contributed by atoms with Gasteiger partial charge < -0.3 is 10.2 Å². The van der Waals surface area contributed by atoms with Crippen molar-refractivity contribution in [3.05, 3.63) is 35.9 Å². The summed E-state index contributed by atoms with van der Waals surface area (Å²) in [6.45, 7) is 8.53. The maximum Gasteiger partial charge on any atom is 0.244 e. The van der Waals surface area contributed by atoms with Gasteiger partial charge in [0.25, 0.3) is 0 Å². The van der Waals surface area contributed by atoms with E-state index in [1.807, 2.05) is 41.2 Å². The van der Waals surface area contributed by atoms with Crippen molar-refractivity contribution < 1.29 is 4.79 Å². The molecule has 0 bridgehead atoms. The van der Waals surface area contributed by atoms with Crippen molar-refractivity contribution in [1.82, 2.24) is 29.8 Å². The number of aromatic nitrogens is 4. The molecule has 0 radical (unpaired) electrons. The number of amides is 1. The molecule has 26 heavy (non-hydrogen) atoms. The van der Waals surface area contributed by atoms with Crippen molar-refractivity contribution >= 4 is 18.3 Å². The zero-order valence-corrected chi connectivity index (χ0v) is 16.4. The number of carbonyl (C=O) groups excluding carboxylic acids is 1. The molecule has 0 spiro atoms. The molecule has 0 aromatic carbocycles. The molecule has 0 aliphatic carbocycles. The summed E-state index contributed by atoms with van der Waals surface area (Å²) in [5.41, 5.74) is 2.15. The summed E-state index contributed by atoms with van der Waals surface area (Å²) in [5.74, 6) is 0.551. The highest BCUT2D eigenvalue weighted by atomic mass is 35.5. The molecule has 1 fully saturated rings. The highest BCUT2D eigenvalue weighted by Gasteiger charge is 2.19. The molecule has 1 aliphatic heterocycles. The number of hydrogen-bond donors (Lipinski definition) is 1. The summed E-state index contributed by atoms with van der Waals surface area (Å²) in [5, 5.41) is 12.3. The first-order chi connectivity index (χ1) is 12.2. The van der Waals surface area contributed by atoms with E-state index in [0.29, 0.717) is 19.0 Å². The van der Waals surface area contributed by atoms with E-state index in [1.165, 1.54) is 12.8 Å². The van der Waals surface area contributed by atoms with Gasteiger partial charge in [-0.3, -0.25) is 14.2 Å². The average Bonchev–Trinajstić information content (AvgIpc) is 3.29. The molecule has 1 aliphatic rings. The van der Waals surface area contributed by atoms with Gasteiger partial charge in [-0.05, 0) is 39.3 Å². The van der Waals surface area contributed by atoms with E-state index in [9.17, 15) is 4.79 Å². The Labute approximate surface area is 161 Å². The number of halogens is 1. The molecule has 0 saturated carbocycles. The average molecular weight is 381 g/mol. The molecule has 1 N–H and O–H groups in total. The molecule has 1 unspecified atom stereocenters. The second-order valence-corrected chi connectivity index (χ2v) is 6.59. The SMILES string of the molecule is CCN(Cc1cnn(CC)c1)C(=O)Cn1ccc(C2CCCNC2)n1.Cl. The third kappa shape index (κ3) is 5.08. The first kappa shape index (κ1) is 20.5. The Morgan fingerprint density at radius 3 is 2.88 bits per heavy atom. The maximum atomic E-state index is 12.6. The van der Waals surface area contributed by atoms with Gasteiger partial charge in [-0.25, -0.2) is 0 Å². The predicted octanol–water partition coefficient (Wildman–Crippen LogP) is 2.04. The zero-order chi connectivity index (χ0) is 17.6. The van der Waals surface area contributed by atoms with Crippen LogP contribution in [0.1, 0.15) is 43.9 Å². The Bertz CT molecular complexity index is 691. The van der Waals surface area contributed by atoms with Crippen molar-refractivity contribution in [2.45, 2.75) is 52.2 Å². The van der Waals surface area contributed by atoms with Gasteiger partial charge in [-0.1, -0.05) is 0 Å². The van der Waals surface area contributed by atoms with Crippen molar-refractivity contribution in [3.8, 4) is 0 Å². The summed E-state index contributed by atoms with van der Waals surface area (Å²) in [6, 6.07) is 2.05. The molecule has 2 aromatic heterocycles. The molecule has 144 valence electrons. The third-order valence-corrected chi connectivity index (χ3v) is 4.79. The van der Waals surface area contributed by atoms with Gasteiger partial charge in [-0.2, -0.15) is 10.2 Å². The predicted molar refractivity (Wildman–Crippen MR) is 103 cm³/mol. The van der Waals surface area contributed by atoms with Crippen molar-refractivity contribution in [3.63, 3.8) is 0 Å². The minimum absolute atomic E-state index is 0. The fourth-order valence-corrected chi connectivity index (χ4v) is 3.28. The van der Waals surface area contributed by atoms with Crippen LogP contribution in [0, 0.1) is 0 Å². The van der Waals surface area contributed by atoms with Crippen LogP contribution in [-0.2, 0) is 24.4 Å². The molecule has 1 amide bonds. The molecule has 7 nitrogen and oxygen atoms in total. The lowest BCUT2D eigenvalue weighted by molar-refractivity contribution is -0.132. The number of nitrogens with zero attached hydrogens (tertiary/aromatic N) is 5. The number of hydrogen-bond acceptors (Lipinski definition) is 4.